The minimum atomic E-state index is -0.240. The first-order chi connectivity index (χ1) is 16.8. The van der Waals surface area contributed by atoms with Crippen LogP contribution in [0.1, 0.15) is 50.4 Å². The van der Waals surface area contributed by atoms with Gasteiger partial charge < -0.3 is 9.47 Å². The minimum Gasteiger partial charge on any atom is -0.496 e. The second-order valence-corrected chi connectivity index (χ2v) is 11.1. The van der Waals surface area contributed by atoms with Crippen LogP contribution in [0, 0.1) is 16.7 Å². The molecule has 0 saturated heterocycles. The highest BCUT2D eigenvalue weighted by Gasteiger charge is 2.62. The Kier molecular flexibility index (Phi) is 4.96. The van der Waals surface area contributed by atoms with Gasteiger partial charge in [-0.1, -0.05) is 81.4 Å². The van der Waals surface area contributed by atoms with Gasteiger partial charge in [0.05, 0.1) is 12.7 Å². The van der Waals surface area contributed by atoms with Crippen molar-refractivity contribution in [1.29, 1.82) is 0 Å². The number of hydrogen-bond acceptors (Lipinski definition) is 3. The summed E-state index contributed by atoms with van der Waals surface area (Å²) < 4.78 is 12.2. The Hall–Kier alpha value is -3.33. The summed E-state index contributed by atoms with van der Waals surface area (Å²) in [6, 6.07) is 24.5. The van der Waals surface area contributed by atoms with Crippen LogP contribution in [0.25, 0.3) is 32.7 Å². The van der Waals surface area contributed by atoms with Gasteiger partial charge in [-0.2, -0.15) is 0 Å². The fraction of sp³-hybridized carbons (Fsp3) is 0.344. The molecular weight excluding hydrogens is 432 g/mol. The van der Waals surface area contributed by atoms with E-state index in [1.807, 2.05) is 42.5 Å². The topological polar surface area (TPSA) is 35.5 Å². The largest absolute Gasteiger partial charge is 0.496 e. The summed E-state index contributed by atoms with van der Waals surface area (Å²) in [6.45, 7) is 7.01. The van der Waals surface area contributed by atoms with Gasteiger partial charge in [-0.25, -0.2) is 4.79 Å². The summed E-state index contributed by atoms with van der Waals surface area (Å²) in [4.78, 5) is 13.9. The molecule has 2 aliphatic rings. The summed E-state index contributed by atoms with van der Waals surface area (Å²) in [5, 5.41) is 4.28. The lowest BCUT2D eigenvalue weighted by molar-refractivity contribution is -0.0241. The Labute approximate surface area is 207 Å². The van der Waals surface area contributed by atoms with Crippen molar-refractivity contribution in [2.24, 2.45) is 16.7 Å². The van der Waals surface area contributed by atoms with Gasteiger partial charge in [-0.15, -0.1) is 0 Å². The van der Waals surface area contributed by atoms with Crippen LogP contribution in [0.5, 0.6) is 5.75 Å². The average Bonchev–Trinajstić information content (AvgIpc) is 3.21. The quantitative estimate of drug-likeness (QED) is 0.287. The Morgan fingerprint density at radius 1 is 0.829 bits per heavy atom. The molecule has 0 spiro atoms. The van der Waals surface area contributed by atoms with E-state index < -0.39 is 0 Å². The molecule has 0 aromatic heterocycles. The molecule has 3 atom stereocenters. The fourth-order valence-electron chi connectivity index (χ4n) is 6.89. The Balaban J connectivity index is 1.54. The molecule has 3 nitrogen and oxygen atoms in total. The molecule has 2 aliphatic carbocycles. The molecule has 0 radical (unpaired) electrons. The number of benzene rings is 4. The van der Waals surface area contributed by atoms with Gasteiger partial charge in [-0.3, -0.25) is 0 Å². The third-order valence-corrected chi connectivity index (χ3v) is 9.47. The zero-order valence-electron chi connectivity index (χ0n) is 20.9. The van der Waals surface area contributed by atoms with E-state index in [1.165, 1.54) is 6.42 Å². The number of hydrogen-bond donors (Lipinski definition) is 0. The van der Waals surface area contributed by atoms with Crippen LogP contribution in [0.2, 0.25) is 0 Å². The van der Waals surface area contributed by atoms with Crippen molar-refractivity contribution in [3.8, 4) is 16.9 Å². The molecule has 4 aromatic carbocycles. The monoisotopic (exact) mass is 464 g/mol. The number of fused-ring (bicyclic) bond motifs is 4. The van der Waals surface area contributed by atoms with Crippen molar-refractivity contribution in [3.05, 3.63) is 78.4 Å². The first-order valence-electron chi connectivity index (χ1n) is 12.6. The molecule has 0 amide bonds. The van der Waals surface area contributed by atoms with Crippen LogP contribution in [0.4, 0.5) is 0 Å². The highest BCUT2D eigenvalue weighted by molar-refractivity contribution is 6.14. The van der Waals surface area contributed by atoms with Crippen molar-refractivity contribution in [2.45, 2.75) is 46.1 Å². The van der Waals surface area contributed by atoms with E-state index in [9.17, 15) is 4.79 Å². The van der Waals surface area contributed by atoms with E-state index >= 15 is 0 Å². The molecule has 178 valence electrons. The number of methoxy groups -OCH3 is 1. The molecule has 2 fully saturated rings. The first kappa shape index (κ1) is 22.2. The van der Waals surface area contributed by atoms with Crippen molar-refractivity contribution >= 4 is 27.5 Å². The third kappa shape index (κ3) is 3.14. The summed E-state index contributed by atoms with van der Waals surface area (Å²) in [7, 11) is 1.69. The molecule has 6 rings (SSSR count). The van der Waals surface area contributed by atoms with Crippen LogP contribution >= 0.6 is 0 Å². The fourth-order valence-corrected chi connectivity index (χ4v) is 6.89. The lowest BCUT2D eigenvalue weighted by atomic mass is 9.70. The summed E-state index contributed by atoms with van der Waals surface area (Å²) in [5.74, 6) is 1.12. The highest BCUT2D eigenvalue weighted by Crippen LogP contribution is 2.66. The van der Waals surface area contributed by atoms with Crippen LogP contribution in [-0.2, 0) is 4.74 Å². The molecule has 0 aliphatic heterocycles. The molecule has 3 heteroatoms. The maximum atomic E-state index is 13.9. The zero-order chi connectivity index (χ0) is 24.4. The summed E-state index contributed by atoms with van der Waals surface area (Å²) >= 11 is 0. The summed E-state index contributed by atoms with van der Waals surface area (Å²) in [5.41, 5.74) is 2.62. The maximum Gasteiger partial charge on any atom is 0.339 e. The lowest BCUT2D eigenvalue weighted by Crippen LogP contribution is -2.38. The molecular formula is C32H32O3. The van der Waals surface area contributed by atoms with Gasteiger partial charge in [0, 0.05) is 16.5 Å². The number of carbonyl (C=O) groups excluding carboxylic acids is 1. The van der Waals surface area contributed by atoms with Crippen molar-refractivity contribution in [3.63, 3.8) is 0 Å². The maximum absolute atomic E-state index is 13.9. The van der Waals surface area contributed by atoms with Crippen LogP contribution in [0.15, 0.2) is 72.8 Å². The standard InChI is InChI=1S/C32H32O3/c1-31(2)22-17-18-32(31,3)27(19-22)35-30(33)25-15-13-20-9-5-7-11-23(20)28(25)29-24-12-8-6-10-21(24)14-16-26(29)34-4/h5-16,22,27H,17-19H2,1-4H3/t22-,27+,32+/m1/s1. The number of rotatable bonds is 4. The normalized spacial score (nSPS) is 24.7. The SMILES string of the molecule is COc1ccc2ccccc2c1-c1c(C(=O)O[C@H]2C[C@H]3CC[C@]2(C)C3(C)C)ccc2ccccc12. The highest BCUT2D eigenvalue weighted by atomic mass is 16.5. The Morgan fingerprint density at radius 3 is 2.06 bits per heavy atom. The number of carbonyl (C=O) groups is 1. The Bertz CT molecular complexity index is 1470. The van der Waals surface area contributed by atoms with Gasteiger partial charge >= 0.3 is 5.97 Å². The Morgan fingerprint density at radius 2 is 1.46 bits per heavy atom. The first-order valence-corrected chi connectivity index (χ1v) is 12.6. The van der Waals surface area contributed by atoms with E-state index in [1.54, 1.807) is 7.11 Å². The van der Waals surface area contributed by atoms with Crippen LogP contribution in [0.3, 0.4) is 0 Å². The van der Waals surface area contributed by atoms with E-state index in [0.29, 0.717) is 11.5 Å². The minimum absolute atomic E-state index is 0.0153. The molecule has 35 heavy (non-hydrogen) atoms. The van der Waals surface area contributed by atoms with Crippen molar-refractivity contribution in [1.82, 2.24) is 0 Å². The van der Waals surface area contributed by atoms with Crippen molar-refractivity contribution < 1.29 is 14.3 Å². The predicted molar refractivity (Wildman–Crippen MR) is 142 cm³/mol. The van der Waals surface area contributed by atoms with E-state index in [-0.39, 0.29) is 22.9 Å². The molecule has 0 unspecified atom stereocenters. The number of esters is 1. The molecule has 4 aromatic rings. The summed E-state index contributed by atoms with van der Waals surface area (Å²) in [6.07, 6.45) is 3.24. The van der Waals surface area contributed by atoms with Gasteiger partial charge in [-0.05, 0) is 64.3 Å². The van der Waals surface area contributed by atoms with Gasteiger partial charge in [0.2, 0.25) is 0 Å². The third-order valence-electron chi connectivity index (χ3n) is 9.47. The zero-order valence-corrected chi connectivity index (χ0v) is 20.9. The molecule has 2 bridgehead atoms. The molecule has 0 N–H and O–H groups in total. The molecule has 2 saturated carbocycles. The van der Waals surface area contributed by atoms with Gasteiger partial charge in [0.25, 0.3) is 0 Å². The molecule has 0 heterocycles. The number of ether oxygens (including phenoxy) is 2. The van der Waals surface area contributed by atoms with E-state index in [4.69, 9.17) is 9.47 Å². The average molecular weight is 465 g/mol. The van der Waals surface area contributed by atoms with E-state index in [0.717, 1.165) is 51.3 Å². The van der Waals surface area contributed by atoms with E-state index in [2.05, 4.69) is 51.1 Å². The second kappa shape index (κ2) is 7.84. The van der Waals surface area contributed by atoms with Crippen LogP contribution < -0.4 is 4.74 Å². The lowest BCUT2D eigenvalue weighted by Gasteiger charge is -2.38. The van der Waals surface area contributed by atoms with Crippen molar-refractivity contribution in [2.75, 3.05) is 7.11 Å². The van der Waals surface area contributed by atoms with Gasteiger partial charge in [0.1, 0.15) is 11.9 Å². The predicted octanol–water partition coefficient (Wildman–Crippen LogP) is 8.04. The van der Waals surface area contributed by atoms with Crippen LogP contribution in [-0.4, -0.2) is 19.2 Å². The second-order valence-electron chi connectivity index (χ2n) is 11.1. The smallest absolute Gasteiger partial charge is 0.339 e. The van der Waals surface area contributed by atoms with Gasteiger partial charge in [0.15, 0.2) is 0 Å².